The second-order valence-corrected chi connectivity index (χ2v) is 10.6. The normalized spacial score (nSPS) is 12.1. The zero-order valence-corrected chi connectivity index (χ0v) is 20.9. The third-order valence-electron chi connectivity index (χ3n) is 5.57. The summed E-state index contributed by atoms with van der Waals surface area (Å²) in [6.45, 7) is 6.76. The van der Waals surface area contributed by atoms with Crippen LogP contribution in [0, 0.1) is 36.5 Å². The van der Waals surface area contributed by atoms with Crippen LogP contribution in [0.1, 0.15) is 41.3 Å². The summed E-state index contributed by atoms with van der Waals surface area (Å²) in [5, 5.41) is 17.6. The number of nitriles is 2. The molecule has 1 heterocycles. The van der Waals surface area contributed by atoms with Crippen LogP contribution >= 0.6 is 11.3 Å². The van der Waals surface area contributed by atoms with Gasteiger partial charge in [0.2, 0.25) is 10.0 Å². The SMILES string of the molecule is CCn1c(=NC(=O)c2ccc(S(=O)(=O)N(CCC#N)CCC#N)cc2)sc2ccc(C)c(C)c21. The quantitative estimate of drug-likeness (QED) is 0.469. The van der Waals surface area contributed by atoms with Gasteiger partial charge in [0.25, 0.3) is 5.91 Å². The highest BCUT2D eigenvalue weighted by molar-refractivity contribution is 7.89. The van der Waals surface area contributed by atoms with Gasteiger partial charge in [0.05, 0.1) is 27.3 Å². The van der Waals surface area contributed by atoms with Crippen LogP contribution < -0.4 is 4.80 Å². The average Bonchev–Trinajstić information content (AvgIpc) is 3.19. The molecule has 0 saturated carbocycles. The Kier molecular flexibility index (Phi) is 8.00. The molecular formula is C24H25N5O3S2. The predicted octanol–water partition coefficient (Wildman–Crippen LogP) is 3.90. The second kappa shape index (κ2) is 10.7. The number of aryl methyl sites for hydroxylation is 3. The number of aromatic nitrogens is 1. The standard InChI is InChI=1S/C24H25N5O3S2/c1-4-29-22-18(3)17(2)7-12-21(22)33-24(29)27-23(30)19-8-10-20(11-9-19)34(31,32)28(15-5-13-25)16-6-14-26/h7-12H,4-6,15-16H2,1-3H3. The Morgan fingerprint density at radius 1 is 1.06 bits per heavy atom. The highest BCUT2D eigenvalue weighted by Gasteiger charge is 2.24. The van der Waals surface area contributed by atoms with Crippen molar-refractivity contribution in [2.45, 2.75) is 45.1 Å². The maximum Gasteiger partial charge on any atom is 0.279 e. The number of carbonyl (C=O) groups excluding carboxylic acids is 1. The zero-order chi connectivity index (χ0) is 24.9. The van der Waals surface area contributed by atoms with Crippen LogP contribution in [-0.4, -0.2) is 36.3 Å². The van der Waals surface area contributed by atoms with Crippen molar-refractivity contribution < 1.29 is 13.2 Å². The molecule has 0 unspecified atom stereocenters. The van der Waals surface area contributed by atoms with E-state index < -0.39 is 15.9 Å². The summed E-state index contributed by atoms with van der Waals surface area (Å²) in [5.41, 5.74) is 3.65. The summed E-state index contributed by atoms with van der Waals surface area (Å²) in [6, 6.07) is 13.5. The number of thiazole rings is 1. The molecule has 10 heteroatoms. The summed E-state index contributed by atoms with van der Waals surface area (Å²) < 4.78 is 30.1. The number of carbonyl (C=O) groups is 1. The lowest BCUT2D eigenvalue weighted by Gasteiger charge is -2.20. The molecule has 176 valence electrons. The fourth-order valence-corrected chi connectivity index (χ4v) is 6.18. The van der Waals surface area contributed by atoms with Crippen molar-refractivity contribution in [2.75, 3.05) is 13.1 Å². The van der Waals surface area contributed by atoms with Gasteiger partial charge in [0.1, 0.15) is 0 Å². The molecule has 1 aromatic heterocycles. The minimum Gasteiger partial charge on any atom is -0.316 e. The first kappa shape index (κ1) is 25.3. The van der Waals surface area contributed by atoms with E-state index in [1.807, 2.05) is 36.6 Å². The van der Waals surface area contributed by atoms with E-state index >= 15 is 0 Å². The van der Waals surface area contributed by atoms with Crippen LogP contribution in [0.3, 0.4) is 0 Å². The van der Waals surface area contributed by atoms with Crippen molar-refractivity contribution in [3.8, 4) is 12.1 Å². The molecule has 0 spiro atoms. The molecule has 0 N–H and O–H groups in total. The Morgan fingerprint density at radius 2 is 1.68 bits per heavy atom. The molecule has 2 aromatic carbocycles. The van der Waals surface area contributed by atoms with E-state index in [4.69, 9.17) is 10.5 Å². The van der Waals surface area contributed by atoms with Gasteiger partial charge in [-0.1, -0.05) is 17.4 Å². The molecule has 0 aliphatic rings. The molecule has 0 fully saturated rings. The van der Waals surface area contributed by atoms with Crippen LogP contribution in [-0.2, 0) is 16.6 Å². The Morgan fingerprint density at radius 3 is 2.24 bits per heavy atom. The van der Waals surface area contributed by atoms with Gasteiger partial charge < -0.3 is 4.57 Å². The number of amides is 1. The molecule has 3 rings (SSSR count). The van der Waals surface area contributed by atoms with E-state index in [1.165, 1.54) is 41.2 Å². The van der Waals surface area contributed by atoms with Crippen LogP contribution in [0.2, 0.25) is 0 Å². The fourth-order valence-electron chi connectivity index (χ4n) is 3.59. The minimum absolute atomic E-state index is 0.00161. The molecule has 1 amide bonds. The molecule has 0 radical (unpaired) electrons. The lowest BCUT2D eigenvalue weighted by Crippen LogP contribution is -2.32. The van der Waals surface area contributed by atoms with E-state index in [0.29, 0.717) is 11.3 Å². The van der Waals surface area contributed by atoms with E-state index in [9.17, 15) is 13.2 Å². The Hall–Kier alpha value is -3.31. The molecule has 0 aliphatic heterocycles. The van der Waals surface area contributed by atoms with E-state index in [2.05, 4.69) is 18.0 Å². The number of hydrogen-bond acceptors (Lipinski definition) is 6. The first-order valence-electron chi connectivity index (χ1n) is 10.8. The molecule has 8 nitrogen and oxygen atoms in total. The number of hydrogen-bond donors (Lipinski definition) is 0. The van der Waals surface area contributed by atoms with Crippen molar-refractivity contribution in [2.24, 2.45) is 4.99 Å². The van der Waals surface area contributed by atoms with Crippen LogP contribution in [0.25, 0.3) is 10.2 Å². The van der Waals surface area contributed by atoms with E-state index in [-0.39, 0.29) is 36.4 Å². The maximum atomic E-state index is 13.0. The van der Waals surface area contributed by atoms with Crippen LogP contribution in [0.5, 0.6) is 0 Å². The Balaban J connectivity index is 1.94. The number of fused-ring (bicyclic) bond motifs is 1. The number of nitrogens with zero attached hydrogens (tertiary/aromatic N) is 5. The van der Waals surface area contributed by atoms with Gasteiger partial charge in [-0.15, -0.1) is 0 Å². The molecule has 0 aliphatic carbocycles. The van der Waals surface area contributed by atoms with Crippen molar-refractivity contribution in [1.82, 2.24) is 8.87 Å². The first-order valence-corrected chi connectivity index (χ1v) is 13.0. The zero-order valence-electron chi connectivity index (χ0n) is 19.3. The monoisotopic (exact) mass is 495 g/mol. The van der Waals surface area contributed by atoms with Crippen LogP contribution in [0.15, 0.2) is 46.3 Å². The van der Waals surface area contributed by atoms with Crippen molar-refractivity contribution in [3.05, 3.63) is 57.9 Å². The Bertz CT molecular complexity index is 1450. The van der Waals surface area contributed by atoms with Crippen molar-refractivity contribution in [1.29, 1.82) is 10.5 Å². The number of benzene rings is 2. The van der Waals surface area contributed by atoms with Gasteiger partial charge in [-0.25, -0.2) is 8.42 Å². The maximum absolute atomic E-state index is 13.0. The van der Waals surface area contributed by atoms with Crippen molar-refractivity contribution in [3.63, 3.8) is 0 Å². The number of sulfonamides is 1. The number of rotatable bonds is 8. The summed E-state index contributed by atoms with van der Waals surface area (Å²) in [7, 11) is -3.90. The Labute approximate surface area is 203 Å². The van der Waals surface area contributed by atoms with Gasteiger partial charge in [-0.05, 0) is 62.2 Å². The third kappa shape index (κ3) is 5.10. The third-order valence-corrected chi connectivity index (χ3v) is 8.52. The minimum atomic E-state index is -3.90. The van der Waals surface area contributed by atoms with Gasteiger partial charge >= 0.3 is 0 Å². The smallest absolute Gasteiger partial charge is 0.279 e. The average molecular weight is 496 g/mol. The molecule has 0 bridgehead atoms. The van der Waals surface area contributed by atoms with Gasteiger partial charge in [-0.2, -0.15) is 19.8 Å². The first-order chi connectivity index (χ1) is 16.2. The molecule has 0 atom stereocenters. The summed E-state index contributed by atoms with van der Waals surface area (Å²) in [5.74, 6) is -0.460. The molecule has 3 aromatic rings. The topological polar surface area (TPSA) is 119 Å². The second-order valence-electron chi connectivity index (χ2n) is 7.64. The van der Waals surface area contributed by atoms with Gasteiger partial charge in [-0.3, -0.25) is 4.79 Å². The van der Waals surface area contributed by atoms with Crippen LogP contribution in [0.4, 0.5) is 0 Å². The van der Waals surface area contributed by atoms with E-state index in [0.717, 1.165) is 20.1 Å². The lowest BCUT2D eigenvalue weighted by molar-refractivity contribution is 0.0997. The van der Waals surface area contributed by atoms with E-state index in [1.54, 1.807) is 0 Å². The van der Waals surface area contributed by atoms with Gasteiger partial charge in [0.15, 0.2) is 4.80 Å². The van der Waals surface area contributed by atoms with Crippen molar-refractivity contribution >= 4 is 37.5 Å². The summed E-state index contributed by atoms with van der Waals surface area (Å²) in [4.78, 5) is 17.8. The highest BCUT2D eigenvalue weighted by Crippen LogP contribution is 2.24. The molecule has 34 heavy (non-hydrogen) atoms. The van der Waals surface area contributed by atoms with Gasteiger partial charge in [0, 0.05) is 38.0 Å². The summed E-state index contributed by atoms with van der Waals surface area (Å²) in [6.07, 6.45) is 0.0391. The fraction of sp³-hybridized carbons (Fsp3) is 0.333. The highest BCUT2D eigenvalue weighted by atomic mass is 32.2. The molecular weight excluding hydrogens is 470 g/mol. The lowest BCUT2D eigenvalue weighted by atomic mass is 10.1. The predicted molar refractivity (Wildman–Crippen MR) is 131 cm³/mol. The summed E-state index contributed by atoms with van der Waals surface area (Å²) >= 11 is 1.44. The molecule has 0 saturated heterocycles. The largest absolute Gasteiger partial charge is 0.316 e.